The van der Waals surface area contributed by atoms with Gasteiger partial charge in [0.15, 0.2) is 0 Å². The van der Waals surface area contributed by atoms with E-state index in [2.05, 4.69) is 10.1 Å². The van der Waals surface area contributed by atoms with E-state index in [4.69, 9.17) is 28.8 Å². The summed E-state index contributed by atoms with van der Waals surface area (Å²) < 4.78 is 96.4. The molecule has 4 rings (SSSR count). The van der Waals surface area contributed by atoms with Crippen molar-refractivity contribution in [3.8, 4) is 5.75 Å². The zero-order chi connectivity index (χ0) is 34.5. The van der Waals surface area contributed by atoms with Gasteiger partial charge in [-0.2, -0.15) is 27.1 Å². The Balaban J connectivity index is 1.45. The molecule has 2 aromatic carbocycles. The van der Waals surface area contributed by atoms with Gasteiger partial charge >= 0.3 is 18.4 Å². The van der Waals surface area contributed by atoms with E-state index < -0.39 is 54.8 Å². The van der Waals surface area contributed by atoms with Gasteiger partial charge in [0.1, 0.15) is 24.1 Å². The first kappa shape index (κ1) is 36.3. The highest BCUT2D eigenvalue weighted by Gasteiger charge is 2.61. The maximum atomic E-state index is 13.3. The molecule has 0 saturated carbocycles. The Morgan fingerprint density at radius 2 is 1.64 bits per heavy atom. The van der Waals surface area contributed by atoms with Crippen molar-refractivity contribution in [1.29, 1.82) is 0 Å². The number of carbonyl (C=O) groups excluding carboxylic acids is 1. The number of hydrogen-bond acceptors (Lipinski definition) is 10. The molecule has 0 spiro atoms. The Hall–Kier alpha value is -3.57. The molecule has 260 valence electrons. The van der Waals surface area contributed by atoms with Gasteiger partial charge in [-0.05, 0) is 69.9 Å². The molecule has 47 heavy (non-hydrogen) atoms. The standard InChI is InChI=1S/C31H39F5N4O7/c1-7-44-26-25(42-5)18(2)45-28(27(26)43-6)46-29(41)37-21-10-8-19(9-11-21)24-20(16-39(3)4)17-40(38-24)22-12-14-23(15-13-22)47-31(35,36)30(32,33)34/h8-15,18,20,25-28H,7,16-17H2,1-6H3,(H,37,41)/t18-,20?,25-,26+,27+,28-/m0/s1. The number of nitrogens with zero attached hydrogens (tertiary/aromatic N) is 3. The second-order valence-electron chi connectivity index (χ2n) is 11.3. The van der Waals surface area contributed by atoms with Gasteiger partial charge in [-0.15, -0.1) is 0 Å². The van der Waals surface area contributed by atoms with E-state index in [-0.39, 0.29) is 5.92 Å². The van der Waals surface area contributed by atoms with Crippen LogP contribution in [0.2, 0.25) is 0 Å². The first-order valence-corrected chi connectivity index (χ1v) is 14.8. The zero-order valence-electron chi connectivity index (χ0n) is 26.8. The highest BCUT2D eigenvalue weighted by Crippen LogP contribution is 2.38. The predicted octanol–water partition coefficient (Wildman–Crippen LogP) is 5.35. The van der Waals surface area contributed by atoms with Crippen molar-refractivity contribution in [1.82, 2.24) is 4.90 Å². The number of halogens is 5. The molecule has 0 radical (unpaired) electrons. The predicted molar refractivity (Wildman–Crippen MR) is 162 cm³/mol. The third-order valence-electron chi connectivity index (χ3n) is 7.59. The van der Waals surface area contributed by atoms with Crippen LogP contribution in [0.1, 0.15) is 19.4 Å². The second kappa shape index (κ2) is 15.1. The molecule has 1 amide bonds. The van der Waals surface area contributed by atoms with E-state index >= 15 is 0 Å². The zero-order valence-corrected chi connectivity index (χ0v) is 26.8. The lowest BCUT2D eigenvalue weighted by Gasteiger charge is -2.43. The number of anilines is 2. The smallest absolute Gasteiger partial charge is 0.426 e. The quantitative estimate of drug-likeness (QED) is 0.299. The normalized spacial score (nSPS) is 25.1. The fourth-order valence-electron chi connectivity index (χ4n) is 5.48. The molecular formula is C31H39F5N4O7. The molecule has 6 atom stereocenters. The van der Waals surface area contributed by atoms with E-state index in [1.807, 2.05) is 25.9 Å². The van der Waals surface area contributed by atoms with Gasteiger partial charge in [0.05, 0.1) is 24.0 Å². The molecule has 0 aromatic heterocycles. The van der Waals surface area contributed by atoms with E-state index in [0.717, 1.165) is 23.4 Å². The van der Waals surface area contributed by atoms with Gasteiger partial charge in [-0.3, -0.25) is 10.3 Å². The third kappa shape index (κ3) is 8.67. The van der Waals surface area contributed by atoms with Crippen LogP contribution in [0.5, 0.6) is 5.75 Å². The molecule has 1 N–H and O–H groups in total. The van der Waals surface area contributed by atoms with Crippen molar-refractivity contribution < 1.29 is 55.2 Å². The largest absolute Gasteiger partial charge is 0.499 e. The molecule has 2 aromatic rings. The molecule has 2 aliphatic rings. The van der Waals surface area contributed by atoms with E-state index in [1.165, 1.54) is 19.2 Å². The molecule has 1 saturated heterocycles. The van der Waals surface area contributed by atoms with Gasteiger partial charge in [-0.25, -0.2) is 4.79 Å². The molecule has 16 heteroatoms. The number of nitrogens with one attached hydrogen (secondary N) is 1. The number of hydrogen-bond donors (Lipinski definition) is 1. The van der Waals surface area contributed by atoms with Crippen molar-refractivity contribution in [2.24, 2.45) is 11.0 Å². The lowest BCUT2D eigenvalue weighted by atomic mass is 9.97. The second-order valence-corrected chi connectivity index (χ2v) is 11.3. The Morgan fingerprint density at radius 3 is 2.19 bits per heavy atom. The average Bonchev–Trinajstić information content (AvgIpc) is 3.40. The summed E-state index contributed by atoms with van der Waals surface area (Å²) in [5.74, 6) is -0.716. The molecule has 0 bridgehead atoms. The van der Waals surface area contributed by atoms with Gasteiger partial charge in [0, 0.05) is 39.0 Å². The lowest BCUT2D eigenvalue weighted by Crippen LogP contribution is -2.60. The van der Waals surface area contributed by atoms with Crippen LogP contribution < -0.4 is 15.1 Å². The summed E-state index contributed by atoms with van der Waals surface area (Å²) in [4.78, 5) is 14.8. The van der Waals surface area contributed by atoms with Crippen LogP contribution in [0.4, 0.5) is 38.1 Å². The first-order valence-electron chi connectivity index (χ1n) is 14.8. The minimum atomic E-state index is -5.85. The highest BCUT2D eigenvalue weighted by atomic mass is 19.4. The summed E-state index contributed by atoms with van der Waals surface area (Å²) in [6, 6.07) is 11.7. The van der Waals surface area contributed by atoms with Crippen LogP contribution in [0.25, 0.3) is 0 Å². The highest BCUT2D eigenvalue weighted by molar-refractivity contribution is 6.05. The minimum Gasteiger partial charge on any atom is -0.426 e. The number of benzene rings is 2. The van der Waals surface area contributed by atoms with Crippen LogP contribution >= 0.6 is 0 Å². The fourth-order valence-corrected chi connectivity index (χ4v) is 5.48. The van der Waals surface area contributed by atoms with E-state index in [0.29, 0.717) is 31.1 Å². The van der Waals surface area contributed by atoms with Gasteiger partial charge in [0.2, 0.25) is 6.29 Å². The molecule has 2 heterocycles. The molecule has 11 nitrogen and oxygen atoms in total. The summed E-state index contributed by atoms with van der Waals surface area (Å²) in [5, 5.41) is 9.05. The van der Waals surface area contributed by atoms with E-state index in [1.54, 1.807) is 43.3 Å². The van der Waals surface area contributed by atoms with Crippen LogP contribution in [0.15, 0.2) is 53.6 Å². The summed E-state index contributed by atoms with van der Waals surface area (Å²) >= 11 is 0. The Labute approximate surface area is 269 Å². The van der Waals surface area contributed by atoms with Crippen molar-refractivity contribution in [3.63, 3.8) is 0 Å². The Bertz CT molecular complexity index is 1360. The van der Waals surface area contributed by atoms with Crippen molar-refractivity contribution in [3.05, 3.63) is 54.1 Å². The maximum absolute atomic E-state index is 13.3. The van der Waals surface area contributed by atoms with Gasteiger partial charge in [0.25, 0.3) is 0 Å². The monoisotopic (exact) mass is 674 g/mol. The van der Waals surface area contributed by atoms with Crippen molar-refractivity contribution in [2.45, 2.75) is 56.8 Å². The summed E-state index contributed by atoms with van der Waals surface area (Å²) in [7, 11) is 6.82. The third-order valence-corrected chi connectivity index (χ3v) is 7.59. The number of hydrazone groups is 1. The molecule has 1 unspecified atom stereocenters. The van der Waals surface area contributed by atoms with Crippen LogP contribution in [0.3, 0.4) is 0 Å². The number of carbonyl (C=O) groups is 1. The number of ether oxygens (including phenoxy) is 6. The molecule has 0 aliphatic carbocycles. The SMILES string of the molecule is CCO[C@@H]1[C@@H](OC)[C@H](C)O[C@@H](OC(=O)Nc2ccc(C3=NN(c4ccc(OC(F)(F)C(F)(F)F)cc4)CC3CN(C)C)cc2)[C@@H]1OC. The fraction of sp³-hybridized carbons (Fsp3) is 0.548. The molecule has 2 aliphatic heterocycles. The number of alkyl halides is 5. The minimum absolute atomic E-state index is 0.0788. The van der Waals surface area contributed by atoms with Gasteiger partial charge in [-0.1, -0.05) is 12.1 Å². The Kier molecular flexibility index (Phi) is 11.7. The summed E-state index contributed by atoms with van der Waals surface area (Å²) in [6.45, 7) is 5.07. The first-order chi connectivity index (χ1) is 22.2. The number of rotatable bonds is 12. The van der Waals surface area contributed by atoms with Gasteiger partial charge < -0.3 is 33.3 Å². The number of methoxy groups -OCH3 is 2. The average molecular weight is 675 g/mol. The number of amides is 1. The molecular weight excluding hydrogens is 635 g/mol. The maximum Gasteiger partial charge on any atom is 0.499 e. The van der Waals surface area contributed by atoms with Crippen LogP contribution in [0, 0.1) is 5.92 Å². The van der Waals surface area contributed by atoms with E-state index in [9.17, 15) is 26.7 Å². The van der Waals surface area contributed by atoms with Crippen molar-refractivity contribution >= 4 is 23.2 Å². The summed E-state index contributed by atoms with van der Waals surface area (Å²) in [6.07, 6.45) is -15.1. The van der Waals surface area contributed by atoms with Crippen molar-refractivity contribution in [2.75, 3.05) is 58.3 Å². The topological polar surface area (TPSA) is 103 Å². The lowest BCUT2D eigenvalue weighted by molar-refractivity contribution is -0.360. The Morgan fingerprint density at radius 1 is 1.00 bits per heavy atom. The summed E-state index contributed by atoms with van der Waals surface area (Å²) in [5.41, 5.74) is 2.40. The van der Waals surface area contributed by atoms with Crippen LogP contribution in [-0.2, 0) is 23.7 Å². The molecule has 1 fully saturated rings. The van der Waals surface area contributed by atoms with Crippen LogP contribution in [-0.4, -0.2) is 108 Å².